The van der Waals surface area contributed by atoms with E-state index in [1.54, 1.807) is 42.2 Å². The average molecular weight is 591 g/mol. The van der Waals surface area contributed by atoms with Crippen molar-refractivity contribution in [1.82, 2.24) is 4.98 Å². The first-order valence-corrected chi connectivity index (χ1v) is 14.7. The number of benzene rings is 2. The Bertz CT molecular complexity index is 1650. The summed E-state index contributed by atoms with van der Waals surface area (Å²) in [7, 11) is 0. The minimum absolute atomic E-state index is 0.150. The number of aryl methyl sites for hydroxylation is 1. The van der Waals surface area contributed by atoms with Crippen LogP contribution in [0.2, 0.25) is 0 Å². The van der Waals surface area contributed by atoms with Crippen molar-refractivity contribution < 1.29 is 22.8 Å². The van der Waals surface area contributed by atoms with Gasteiger partial charge in [0, 0.05) is 42.9 Å². The van der Waals surface area contributed by atoms with Crippen molar-refractivity contribution in [1.29, 1.82) is 0 Å². The predicted octanol–water partition coefficient (Wildman–Crippen LogP) is 7.34. The molecule has 0 atom stereocenters. The molecule has 1 saturated heterocycles. The topological polar surface area (TPSA) is 65.5 Å². The number of nitrogens with one attached hydrogen (secondary N) is 1. The molecule has 2 aliphatic rings. The smallest absolute Gasteiger partial charge is 0.276 e. The highest BCUT2D eigenvalue weighted by Crippen LogP contribution is 2.42. The van der Waals surface area contributed by atoms with E-state index in [9.17, 15) is 22.8 Å². The van der Waals surface area contributed by atoms with Gasteiger partial charge in [-0.05, 0) is 61.2 Å². The summed E-state index contributed by atoms with van der Waals surface area (Å²) in [5.41, 5.74) is 3.46. The molecule has 6 rings (SSSR count). The zero-order valence-electron chi connectivity index (χ0n) is 23.0. The maximum absolute atomic E-state index is 14.4. The zero-order valence-corrected chi connectivity index (χ0v) is 23.8. The van der Waals surface area contributed by atoms with Crippen LogP contribution < -0.4 is 15.1 Å². The normalized spacial score (nSPS) is 16.2. The van der Waals surface area contributed by atoms with Crippen molar-refractivity contribution in [3.63, 3.8) is 0 Å². The third kappa shape index (κ3) is 5.51. The number of amides is 2. The third-order valence-electron chi connectivity index (χ3n) is 7.78. The summed E-state index contributed by atoms with van der Waals surface area (Å²) in [4.78, 5) is 36.4. The number of fused-ring (bicyclic) bond motifs is 3. The van der Waals surface area contributed by atoms with Crippen LogP contribution in [-0.4, -0.2) is 42.4 Å². The van der Waals surface area contributed by atoms with E-state index in [0.717, 1.165) is 16.0 Å². The van der Waals surface area contributed by atoms with Crippen molar-refractivity contribution in [2.45, 2.75) is 38.5 Å². The molecule has 2 aromatic heterocycles. The molecule has 2 amide bonds. The van der Waals surface area contributed by atoms with E-state index in [2.05, 4.69) is 10.3 Å². The quantitative estimate of drug-likeness (QED) is 0.270. The second-order valence-electron chi connectivity index (χ2n) is 10.7. The minimum atomic E-state index is -2.69. The molecule has 216 valence electrons. The minimum Gasteiger partial charge on any atom is -0.356 e. The van der Waals surface area contributed by atoms with Crippen LogP contribution in [0.25, 0.3) is 10.4 Å². The summed E-state index contributed by atoms with van der Waals surface area (Å²) >= 11 is 1.31. The van der Waals surface area contributed by atoms with E-state index >= 15 is 0 Å². The van der Waals surface area contributed by atoms with Gasteiger partial charge in [0.2, 0.25) is 5.92 Å². The van der Waals surface area contributed by atoms with Crippen LogP contribution in [0.5, 0.6) is 0 Å². The molecule has 2 aliphatic heterocycles. The van der Waals surface area contributed by atoms with Gasteiger partial charge in [-0.2, -0.15) is 0 Å². The molecular formula is C32H29F3N4O2S. The van der Waals surface area contributed by atoms with Gasteiger partial charge in [-0.1, -0.05) is 36.4 Å². The number of hydrogen-bond donors (Lipinski definition) is 1. The molecule has 6 nitrogen and oxygen atoms in total. The molecule has 0 aliphatic carbocycles. The summed E-state index contributed by atoms with van der Waals surface area (Å²) in [6.07, 6.45) is 0.464. The molecule has 4 aromatic rings. The Morgan fingerprint density at radius 3 is 2.62 bits per heavy atom. The lowest BCUT2D eigenvalue weighted by Gasteiger charge is -2.25. The zero-order chi connectivity index (χ0) is 29.4. The highest BCUT2D eigenvalue weighted by molar-refractivity contribution is 7.17. The van der Waals surface area contributed by atoms with Crippen LogP contribution in [0, 0.1) is 12.7 Å². The van der Waals surface area contributed by atoms with Gasteiger partial charge >= 0.3 is 0 Å². The molecule has 0 radical (unpaired) electrons. The van der Waals surface area contributed by atoms with Gasteiger partial charge in [-0.3, -0.25) is 9.59 Å². The van der Waals surface area contributed by atoms with Gasteiger partial charge in [0.15, 0.2) is 0 Å². The predicted molar refractivity (Wildman–Crippen MR) is 159 cm³/mol. The van der Waals surface area contributed by atoms with Crippen LogP contribution in [0.15, 0.2) is 66.7 Å². The number of alkyl halides is 2. The molecular weight excluding hydrogens is 561 g/mol. The number of rotatable bonds is 4. The Morgan fingerprint density at radius 2 is 1.79 bits per heavy atom. The van der Waals surface area contributed by atoms with Gasteiger partial charge in [0.05, 0.1) is 16.3 Å². The maximum Gasteiger partial charge on any atom is 0.276 e. The fourth-order valence-electron chi connectivity index (χ4n) is 5.53. The van der Waals surface area contributed by atoms with Gasteiger partial charge in [-0.25, -0.2) is 18.2 Å². The second kappa shape index (κ2) is 11.2. The van der Waals surface area contributed by atoms with Gasteiger partial charge < -0.3 is 15.1 Å². The van der Waals surface area contributed by atoms with Crippen LogP contribution in [-0.2, 0) is 6.42 Å². The van der Waals surface area contributed by atoms with Gasteiger partial charge in [0.1, 0.15) is 17.3 Å². The average Bonchev–Trinajstić information content (AvgIpc) is 3.24. The summed E-state index contributed by atoms with van der Waals surface area (Å²) in [5, 5.41) is 2.71. The summed E-state index contributed by atoms with van der Waals surface area (Å²) < 4.78 is 42.2. The lowest BCUT2D eigenvalue weighted by atomic mass is 10.1. The summed E-state index contributed by atoms with van der Waals surface area (Å²) in [6, 6.07) is 19.1. The number of hydrogen-bond acceptors (Lipinski definition) is 5. The Hall–Kier alpha value is -4.18. The second-order valence-corrected chi connectivity index (χ2v) is 11.7. The van der Waals surface area contributed by atoms with E-state index < -0.39 is 11.7 Å². The van der Waals surface area contributed by atoms with Gasteiger partial charge in [-0.15, -0.1) is 11.3 Å². The van der Waals surface area contributed by atoms with Crippen LogP contribution >= 0.6 is 11.3 Å². The number of halogens is 3. The molecule has 0 spiro atoms. The molecule has 4 heterocycles. The van der Waals surface area contributed by atoms with E-state index in [4.69, 9.17) is 0 Å². The summed E-state index contributed by atoms with van der Waals surface area (Å²) in [5.74, 6) is -3.34. The number of carbonyl (C=O) groups excluding carboxylic acids is 2. The molecule has 1 N–H and O–H groups in total. The molecule has 0 unspecified atom stereocenters. The Labute approximate surface area is 245 Å². The Balaban J connectivity index is 1.27. The number of thiophene rings is 1. The monoisotopic (exact) mass is 590 g/mol. The lowest BCUT2D eigenvalue weighted by molar-refractivity contribution is -0.0102. The molecule has 0 saturated carbocycles. The van der Waals surface area contributed by atoms with Crippen molar-refractivity contribution in [3.05, 3.63) is 94.2 Å². The number of nitrogens with zero attached hydrogens (tertiary/aromatic N) is 3. The van der Waals surface area contributed by atoms with Crippen molar-refractivity contribution in [3.8, 4) is 10.4 Å². The van der Waals surface area contributed by atoms with Crippen molar-refractivity contribution in [2.24, 2.45) is 0 Å². The van der Waals surface area contributed by atoms with Crippen LogP contribution in [0.4, 0.5) is 30.4 Å². The maximum atomic E-state index is 14.4. The van der Waals surface area contributed by atoms with Crippen LogP contribution in [0.3, 0.4) is 0 Å². The fourth-order valence-corrected chi connectivity index (χ4v) is 6.67. The molecule has 2 aromatic carbocycles. The third-order valence-corrected chi connectivity index (χ3v) is 8.99. The Kier molecular flexibility index (Phi) is 7.49. The van der Waals surface area contributed by atoms with Crippen molar-refractivity contribution >= 4 is 40.3 Å². The highest BCUT2D eigenvalue weighted by Gasteiger charge is 2.33. The number of carbonyl (C=O) groups is 2. The van der Waals surface area contributed by atoms with E-state index in [0.29, 0.717) is 47.9 Å². The SMILES string of the molecule is Cc1cccc(F)c1NC(=O)c1cc2c(s1)-c1ccccc1N(C(=O)c1cccc(N3CCCC(F)(F)CC3)n1)CC2. The largest absolute Gasteiger partial charge is 0.356 e. The molecule has 42 heavy (non-hydrogen) atoms. The Morgan fingerprint density at radius 1 is 0.976 bits per heavy atom. The van der Waals surface area contributed by atoms with Crippen molar-refractivity contribution in [2.75, 3.05) is 34.8 Å². The number of aromatic nitrogens is 1. The number of para-hydroxylation sites is 2. The first-order chi connectivity index (χ1) is 20.2. The van der Waals surface area contributed by atoms with Gasteiger partial charge in [0.25, 0.3) is 11.8 Å². The van der Waals surface area contributed by atoms with E-state index in [-0.39, 0.29) is 42.6 Å². The number of pyridine rings is 1. The lowest BCUT2D eigenvalue weighted by Crippen LogP contribution is -2.34. The van der Waals surface area contributed by atoms with Crippen LogP contribution in [0.1, 0.15) is 50.5 Å². The van der Waals surface area contributed by atoms with E-state index in [1.807, 2.05) is 35.2 Å². The first-order valence-electron chi connectivity index (χ1n) is 13.9. The molecule has 10 heteroatoms. The standard InChI is InChI=1S/C32H29F3N4O2S/c1-20-7-4-9-23(33)28(20)37-30(40)26-19-21-13-17-39(25-11-3-2-8-22(25)29(21)42-26)31(41)24-10-5-12-27(36-24)38-16-6-14-32(34,35)15-18-38/h2-5,7-12,19H,6,13-18H2,1H3,(H,37,40). The highest BCUT2D eigenvalue weighted by atomic mass is 32.1. The molecule has 1 fully saturated rings. The first kappa shape index (κ1) is 28.0. The molecule has 0 bridgehead atoms. The summed E-state index contributed by atoms with van der Waals surface area (Å²) in [6.45, 7) is 2.73. The van der Waals surface area contributed by atoms with E-state index in [1.165, 1.54) is 17.4 Å². The fraction of sp³-hybridized carbons (Fsp3) is 0.281. The number of anilines is 3.